The van der Waals surface area contributed by atoms with Gasteiger partial charge in [0.25, 0.3) is 0 Å². The summed E-state index contributed by atoms with van der Waals surface area (Å²) in [6, 6.07) is 0. The van der Waals surface area contributed by atoms with Gasteiger partial charge in [-0.3, -0.25) is 0 Å². The van der Waals surface area contributed by atoms with Gasteiger partial charge in [0, 0.05) is 17.6 Å². The molecule has 0 aromatic rings. The highest BCUT2D eigenvalue weighted by molar-refractivity contribution is 5.88. The van der Waals surface area contributed by atoms with Gasteiger partial charge in [0.15, 0.2) is 0 Å². The lowest BCUT2D eigenvalue weighted by Crippen LogP contribution is -2.14. The van der Waals surface area contributed by atoms with Gasteiger partial charge in [-0.25, -0.2) is 9.59 Å². The standard InChI is InChI=1S/C23H30O4/c1-9-19(11-10-18(8)26-22(24)14(2)3)21-16(6)12-20(13-17(21)7)27-23(25)15(4)5/h10-12,17H,2,4,9,13H2,1,3,5-8H3/b18-10+,19-11+. The molecule has 1 unspecified atom stereocenters. The first-order chi connectivity index (χ1) is 12.6. The molecule has 4 nitrogen and oxygen atoms in total. The topological polar surface area (TPSA) is 52.6 Å². The second-order valence-electron chi connectivity index (χ2n) is 6.97. The van der Waals surface area contributed by atoms with Crippen LogP contribution in [0.3, 0.4) is 0 Å². The Labute approximate surface area is 162 Å². The minimum absolute atomic E-state index is 0.209. The first-order valence-electron chi connectivity index (χ1n) is 9.11. The molecule has 1 rings (SSSR count). The Balaban J connectivity index is 3.10. The van der Waals surface area contributed by atoms with E-state index < -0.39 is 11.9 Å². The largest absolute Gasteiger partial charge is 0.428 e. The van der Waals surface area contributed by atoms with E-state index in [1.165, 1.54) is 5.57 Å². The molecule has 0 amide bonds. The van der Waals surface area contributed by atoms with Crippen molar-refractivity contribution >= 4 is 11.9 Å². The Morgan fingerprint density at radius 2 is 1.74 bits per heavy atom. The normalized spacial score (nSPS) is 18.0. The highest BCUT2D eigenvalue weighted by Gasteiger charge is 2.23. The van der Waals surface area contributed by atoms with Gasteiger partial charge in [-0.15, -0.1) is 0 Å². The van der Waals surface area contributed by atoms with Crippen molar-refractivity contribution in [2.45, 2.75) is 54.4 Å². The van der Waals surface area contributed by atoms with Gasteiger partial charge in [-0.05, 0) is 68.9 Å². The van der Waals surface area contributed by atoms with Gasteiger partial charge < -0.3 is 9.47 Å². The van der Waals surface area contributed by atoms with E-state index in [1.807, 2.05) is 19.1 Å². The van der Waals surface area contributed by atoms with Crippen LogP contribution in [0.25, 0.3) is 0 Å². The molecule has 1 aliphatic carbocycles. The summed E-state index contributed by atoms with van der Waals surface area (Å²) in [6.45, 7) is 18.4. The van der Waals surface area contributed by atoms with E-state index in [0.717, 1.165) is 17.6 Å². The maximum atomic E-state index is 11.8. The molecule has 0 aromatic carbocycles. The number of hydrogen-bond acceptors (Lipinski definition) is 4. The fraction of sp³-hybridized carbons (Fsp3) is 0.391. The van der Waals surface area contributed by atoms with E-state index >= 15 is 0 Å². The fourth-order valence-electron chi connectivity index (χ4n) is 2.90. The van der Waals surface area contributed by atoms with Crippen molar-refractivity contribution in [1.29, 1.82) is 0 Å². The molecule has 146 valence electrons. The van der Waals surface area contributed by atoms with Crippen LogP contribution in [-0.2, 0) is 19.1 Å². The Bertz CT molecular complexity index is 772. The molecule has 0 heterocycles. The fourth-order valence-corrected chi connectivity index (χ4v) is 2.90. The van der Waals surface area contributed by atoms with E-state index in [4.69, 9.17) is 9.47 Å². The third-order valence-electron chi connectivity index (χ3n) is 4.22. The molecule has 4 heteroatoms. The van der Waals surface area contributed by atoms with Gasteiger partial charge in [-0.1, -0.05) is 33.1 Å². The van der Waals surface area contributed by atoms with Crippen molar-refractivity contribution in [3.8, 4) is 0 Å². The summed E-state index contributed by atoms with van der Waals surface area (Å²) < 4.78 is 10.6. The van der Waals surface area contributed by atoms with Crippen LogP contribution in [0.2, 0.25) is 0 Å². The lowest BCUT2D eigenvalue weighted by atomic mass is 9.82. The zero-order chi connectivity index (χ0) is 20.7. The van der Waals surface area contributed by atoms with Crippen LogP contribution >= 0.6 is 0 Å². The lowest BCUT2D eigenvalue weighted by Gasteiger charge is -2.26. The first-order valence-corrected chi connectivity index (χ1v) is 9.11. The average Bonchev–Trinajstić information content (AvgIpc) is 2.56. The maximum Gasteiger partial charge on any atom is 0.338 e. The predicted octanol–water partition coefficient (Wildman–Crippen LogP) is 5.71. The predicted molar refractivity (Wildman–Crippen MR) is 109 cm³/mol. The highest BCUT2D eigenvalue weighted by atomic mass is 16.5. The van der Waals surface area contributed by atoms with Crippen molar-refractivity contribution in [3.05, 3.63) is 70.8 Å². The van der Waals surface area contributed by atoms with Crippen LogP contribution in [0.4, 0.5) is 0 Å². The van der Waals surface area contributed by atoms with Crippen molar-refractivity contribution < 1.29 is 19.1 Å². The highest BCUT2D eigenvalue weighted by Crippen LogP contribution is 2.35. The molecule has 0 bridgehead atoms. The lowest BCUT2D eigenvalue weighted by molar-refractivity contribution is -0.136. The van der Waals surface area contributed by atoms with Crippen molar-refractivity contribution in [3.63, 3.8) is 0 Å². The number of esters is 2. The molecular formula is C23H30O4. The van der Waals surface area contributed by atoms with Crippen LogP contribution in [0.1, 0.15) is 54.4 Å². The summed E-state index contributed by atoms with van der Waals surface area (Å²) in [4.78, 5) is 23.4. The van der Waals surface area contributed by atoms with Gasteiger partial charge in [0.2, 0.25) is 0 Å². The summed E-state index contributed by atoms with van der Waals surface area (Å²) in [7, 11) is 0. The summed E-state index contributed by atoms with van der Waals surface area (Å²) in [6.07, 6.45) is 7.18. The number of hydrogen-bond donors (Lipinski definition) is 0. The molecule has 0 fully saturated rings. The molecule has 0 aliphatic heterocycles. The van der Waals surface area contributed by atoms with Crippen molar-refractivity contribution in [1.82, 2.24) is 0 Å². The molecular weight excluding hydrogens is 340 g/mol. The second kappa shape index (κ2) is 9.91. The number of rotatable bonds is 7. The SMILES string of the molecule is C=C(C)C(=O)OC1=CC(C)=C(/C(=C/C=C(\C)OC(=O)C(=C)C)CC)C(C)C1. The van der Waals surface area contributed by atoms with E-state index in [2.05, 4.69) is 27.0 Å². The summed E-state index contributed by atoms with van der Waals surface area (Å²) >= 11 is 0. The Kier molecular flexibility index (Phi) is 8.23. The molecule has 27 heavy (non-hydrogen) atoms. The molecule has 0 saturated heterocycles. The van der Waals surface area contributed by atoms with Crippen LogP contribution < -0.4 is 0 Å². The number of allylic oxidation sites excluding steroid dienone is 8. The van der Waals surface area contributed by atoms with Crippen LogP contribution in [0.5, 0.6) is 0 Å². The van der Waals surface area contributed by atoms with Gasteiger partial charge in [0.05, 0.1) is 0 Å². The molecule has 0 aromatic heterocycles. The Morgan fingerprint density at radius 1 is 1.15 bits per heavy atom. The summed E-state index contributed by atoms with van der Waals surface area (Å²) in [5.41, 5.74) is 4.20. The number of carbonyl (C=O) groups is 2. The van der Waals surface area contributed by atoms with Crippen molar-refractivity contribution in [2.24, 2.45) is 5.92 Å². The molecule has 1 aliphatic rings. The van der Waals surface area contributed by atoms with Gasteiger partial charge in [0.1, 0.15) is 11.5 Å². The van der Waals surface area contributed by atoms with E-state index in [-0.39, 0.29) is 5.92 Å². The zero-order valence-electron chi connectivity index (χ0n) is 17.3. The average molecular weight is 370 g/mol. The van der Waals surface area contributed by atoms with Gasteiger partial charge in [-0.2, -0.15) is 0 Å². The van der Waals surface area contributed by atoms with E-state index in [9.17, 15) is 9.59 Å². The Hall–Kier alpha value is -2.62. The van der Waals surface area contributed by atoms with Crippen LogP contribution in [0, 0.1) is 5.92 Å². The van der Waals surface area contributed by atoms with Crippen LogP contribution in [-0.4, -0.2) is 11.9 Å². The molecule has 0 N–H and O–H groups in total. The quantitative estimate of drug-likeness (QED) is 0.249. The van der Waals surface area contributed by atoms with E-state index in [0.29, 0.717) is 29.1 Å². The molecule has 1 atom stereocenters. The smallest absolute Gasteiger partial charge is 0.338 e. The zero-order valence-corrected chi connectivity index (χ0v) is 17.3. The maximum absolute atomic E-state index is 11.8. The summed E-state index contributed by atoms with van der Waals surface area (Å²) in [5, 5.41) is 0. The van der Waals surface area contributed by atoms with Gasteiger partial charge >= 0.3 is 11.9 Å². The Morgan fingerprint density at radius 3 is 2.22 bits per heavy atom. The third-order valence-corrected chi connectivity index (χ3v) is 4.22. The monoisotopic (exact) mass is 370 g/mol. The molecule has 0 spiro atoms. The summed E-state index contributed by atoms with van der Waals surface area (Å²) in [5.74, 6) is 0.565. The number of carbonyl (C=O) groups excluding carboxylic acids is 2. The third kappa shape index (κ3) is 6.55. The van der Waals surface area contributed by atoms with E-state index in [1.54, 1.807) is 26.8 Å². The van der Waals surface area contributed by atoms with Crippen molar-refractivity contribution in [2.75, 3.05) is 0 Å². The second-order valence-corrected chi connectivity index (χ2v) is 6.97. The number of ether oxygens (including phenoxy) is 2. The molecule has 0 radical (unpaired) electrons. The van der Waals surface area contributed by atoms with Crippen LogP contribution in [0.15, 0.2) is 70.8 Å². The minimum atomic E-state index is -0.427. The first kappa shape index (κ1) is 22.4. The minimum Gasteiger partial charge on any atom is -0.428 e. The molecule has 0 saturated carbocycles.